The Kier molecular flexibility index (Phi) is 3.27. The van der Waals surface area contributed by atoms with Crippen molar-refractivity contribution in [1.29, 1.82) is 0 Å². The third kappa shape index (κ3) is 2.00. The third-order valence-electron chi connectivity index (χ3n) is 1.78. The molecule has 1 unspecified atom stereocenters. The second-order valence-electron chi connectivity index (χ2n) is 2.77. The number of hydrogen-bond donors (Lipinski definition) is 1. The van der Waals surface area contributed by atoms with Gasteiger partial charge in [-0.1, -0.05) is 6.07 Å². The van der Waals surface area contributed by atoms with Crippen LogP contribution in [0.5, 0.6) is 5.75 Å². The summed E-state index contributed by atoms with van der Waals surface area (Å²) in [7, 11) is 1.49. The molecule has 1 atom stereocenters. The van der Waals surface area contributed by atoms with Gasteiger partial charge in [0, 0.05) is 11.6 Å². The van der Waals surface area contributed by atoms with Gasteiger partial charge in [-0.3, -0.25) is 0 Å². The van der Waals surface area contributed by atoms with Crippen LogP contribution in [0.15, 0.2) is 16.6 Å². The molecule has 0 saturated carbocycles. The van der Waals surface area contributed by atoms with Crippen molar-refractivity contribution < 1.29 is 9.13 Å². The second-order valence-corrected chi connectivity index (χ2v) is 3.57. The standard InChI is InChI=1S/C9H11BrFNO/c1-5(12)6-3-4-7(11)8(10)9(6)13-2/h3-5H,12H2,1-2H3. The van der Waals surface area contributed by atoms with E-state index in [1.165, 1.54) is 13.2 Å². The van der Waals surface area contributed by atoms with Crippen LogP contribution in [-0.4, -0.2) is 7.11 Å². The summed E-state index contributed by atoms with van der Waals surface area (Å²) in [5.41, 5.74) is 6.47. The van der Waals surface area contributed by atoms with Gasteiger partial charge in [0.05, 0.1) is 11.6 Å². The average molecular weight is 248 g/mol. The van der Waals surface area contributed by atoms with E-state index in [-0.39, 0.29) is 11.9 Å². The molecular formula is C9H11BrFNO. The number of hydrogen-bond acceptors (Lipinski definition) is 2. The zero-order valence-electron chi connectivity index (χ0n) is 7.47. The SMILES string of the molecule is COc1c(C(C)N)ccc(F)c1Br. The molecule has 2 N–H and O–H groups in total. The van der Waals surface area contributed by atoms with E-state index in [1.54, 1.807) is 6.07 Å². The van der Waals surface area contributed by atoms with Crippen molar-refractivity contribution in [2.75, 3.05) is 7.11 Å². The lowest BCUT2D eigenvalue weighted by Crippen LogP contribution is -2.07. The number of ether oxygens (including phenoxy) is 1. The molecule has 0 bridgehead atoms. The highest BCUT2D eigenvalue weighted by Crippen LogP contribution is 2.33. The lowest BCUT2D eigenvalue weighted by atomic mass is 10.1. The predicted molar refractivity (Wildman–Crippen MR) is 53.3 cm³/mol. The van der Waals surface area contributed by atoms with E-state index in [2.05, 4.69) is 15.9 Å². The number of rotatable bonds is 2. The molecule has 0 aliphatic carbocycles. The first-order chi connectivity index (χ1) is 6.07. The van der Waals surface area contributed by atoms with E-state index in [4.69, 9.17) is 10.5 Å². The Morgan fingerprint density at radius 1 is 1.54 bits per heavy atom. The Labute approximate surface area is 85.0 Å². The lowest BCUT2D eigenvalue weighted by Gasteiger charge is -2.13. The van der Waals surface area contributed by atoms with Crippen LogP contribution in [0, 0.1) is 5.82 Å². The van der Waals surface area contributed by atoms with Crippen molar-refractivity contribution in [3.63, 3.8) is 0 Å². The zero-order valence-corrected chi connectivity index (χ0v) is 9.06. The number of benzene rings is 1. The Balaban J connectivity index is 3.30. The quantitative estimate of drug-likeness (QED) is 0.873. The zero-order chi connectivity index (χ0) is 10.0. The normalized spacial score (nSPS) is 12.7. The molecule has 0 saturated heterocycles. The van der Waals surface area contributed by atoms with Gasteiger partial charge in [-0.05, 0) is 28.9 Å². The molecule has 0 aromatic heterocycles. The molecule has 4 heteroatoms. The summed E-state index contributed by atoms with van der Waals surface area (Å²) in [6, 6.07) is 2.82. The Morgan fingerprint density at radius 3 is 2.62 bits per heavy atom. The monoisotopic (exact) mass is 247 g/mol. The van der Waals surface area contributed by atoms with Crippen LogP contribution in [0.25, 0.3) is 0 Å². The van der Waals surface area contributed by atoms with E-state index in [9.17, 15) is 4.39 Å². The highest BCUT2D eigenvalue weighted by atomic mass is 79.9. The molecule has 72 valence electrons. The number of methoxy groups -OCH3 is 1. The van der Waals surface area contributed by atoms with E-state index >= 15 is 0 Å². The third-order valence-corrected chi connectivity index (χ3v) is 2.51. The van der Waals surface area contributed by atoms with Crippen molar-refractivity contribution in [2.24, 2.45) is 5.73 Å². The molecule has 1 aromatic carbocycles. The maximum Gasteiger partial charge on any atom is 0.141 e. The first kappa shape index (κ1) is 10.5. The molecular weight excluding hydrogens is 237 g/mol. The number of nitrogens with two attached hydrogens (primary N) is 1. The highest BCUT2D eigenvalue weighted by molar-refractivity contribution is 9.10. The van der Waals surface area contributed by atoms with Crippen LogP contribution in [0.1, 0.15) is 18.5 Å². The van der Waals surface area contributed by atoms with Gasteiger partial charge in [-0.2, -0.15) is 0 Å². The minimum absolute atomic E-state index is 0.174. The van der Waals surface area contributed by atoms with E-state index in [0.29, 0.717) is 10.2 Å². The molecule has 2 nitrogen and oxygen atoms in total. The van der Waals surface area contributed by atoms with E-state index < -0.39 is 0 Å². The summed E-state index contributed by atoms with van der Waals surface area (Å²) in [5.74, 6) is 0.122. The molecule has 0 aliphatic rings. The maximum atomic E-state index is 13.0. The second kappa shape index (κ2) is 4.07. The molecule has 0 fully saturated rings. The van der Waals surface area contributed by atoms with Gasteiger partial charge in [-0.15, -0.1) is 0 Å². The minimum atomic E-state index is -0.346. The maximum absolute atomic E-state index is 13.0. The van der Waals surface area contributed by atoms with Crippen LogP contribution < -0.4 is 10.5 Å². The molecule has 0 amide bonds. The van der Waals surface area contributed by atoms with Crippen LogP contribution >= 0.6 is 15.9 Å². The van der Waals surface area contributed by atoms with Crippen LogP contribution in [0.4, 0.5) is 4.39 Å². The Bertz CT molecular complexity index is 315. The summed E-state index contributed by atoms with van der Waals surface area (Å²) >= 11 is 3.10. The first-order valence-electron chi connectivity index (χ1n) is 3.85. The average Bonchev–Trinajstić information content (AvgIpc) is 2.09. The van der Waals surface area contributed by atoms with Gasteiger partial charge < -0.3 is 10.5 Å². The Morgan fingerprint density at radius 2 is 2.15 bits per heavy atom. The van der Waals surface area contributed by atoms with Gasteiger partial charge in [0.1, 0.15) is 11.6 Å². The number of halogens is 2. The van der Waals surface area contributed by atoms with Crippen LogP contribution in [0.2, 0.25) is 0 Å². The van der Waals surface area contributed by atoms with Gasteiger partial charge in [0.15, 0.2) is 0 Å². The summed E-state index contributed by atoms with van der Waals surface area (Å²) < 4.78 is 18.4. The predicted octanol–water partition coefficient (Wildman–Crippen LogP) is 2.62. The van der Waals surface area contributed by atoms with Gasteiger partial charge >= 0.3 is 0 Å². The fourth-order valence-electron chi connectivity index (χ4n) is 1.11. The summed E-state index contributed by atoms with van der Waals surface area (Å²) in [6.45, 7) is 1.82. The summed E-state index contributed by atoms with van der Waals surface area (Å²) in [4.78, 5) is 0. The largest absolute Gasteiger partial charge is 0.495 e. The van der Waals surface area contributed by atoms with Gasteiger partial charge in [0.2, 0.25) is 0 Å². The highest BCUT2D eigenvalue weighted by Gasteiger charge is 2.13. The Hall–Kier alpha value is -0.610. The molecule has 0 heterocycles. The van der Waals surface area contributed by atoms with Gasteiger partial charge in [0.25, 0.3) is 0 Å². The minimum Gasteiger partial charge on any atom is -0.495 e. The van der Waals surface area contributed by atoms with Crippen LogP contribution in [-0.2, 0) is 0 Å². The van der Waals surface area contributed by atoms with Crippen molar-refractivity contribution >= 4 is 15.9 Å². The molecule has 1 aromatic rings. The van der Waals surface area contributed by atoms with Crippen LogP contribution in [0.3, 0.4) is 0 Å². The molecule has 0 radical (unpaired) electrons. The molecule has 1 rings (SSSR count). The summed E-state index contributed by atoms with van der Waals surface area (Å²) in [5, 5.41) is 0. The molecule has 0 spiro atoms. The molecule has 13 heavy (non-hydrogen) atoms. The smallest absolute Gasteiger partial charge is 0.141 e. The molecule has 0 aliphatic heterocycles. The summed E-state index contributed by atoms with van der Waals surface area (Å²) in [6.07, 6.45) is 0. The van der Waals surface area contributed by atoms with Crippen molar-refractivity contribution in [2.45, 2.75) is 13.0 Å². The van der Waals surface area contributed by atoms with E-state index in [0.717, 1.165) is 5.56 Å². The van der Waals surface area contributed by atoms with Crippen molar-refractivity contribution in [1.82, 2.24) is 0 Å². The topological polar surface area (TPSA) is 35.2 Å². The fourth-order valence-corrected chi connectivity index (χ4v) is 1.64. The van der Waals surface area contributed by atoms with Gasteiger partial charge in [-0.25, -0.2) is 4.39 Å². The fraction of sp³-hybridized carbons (Fsp3) is 0.333. The lowest BCUT2D eigenvalue weighted by molar-refractivity contribution is 0.400. The first-order valence-corrected chi connectivity index (χ1v) is 4.64. The van der Waals surface area contributed by atoms with E-state index in [1.807, 2.05) is 6.92 Å². The van der Waals surface area contributed by atoms with Crippen molar-refractivity contribution in [3.8, 4) is 5.75 Å². The van der Waals surface area contributed by atoms with Crippen molar-refractivity contribution in [3.05, 3.63) is 28.0 Å².